The van der Waals surface area contributed by atoms with Gasteiger partial charge in [-0.2, -0.15) is 0 Å². The van der Waals surface area contributed by atoms with Crippen LogP contribution in [0, 0.1) is 0 Å². The van der Waals surface area contributed by atoms with Crippen LogP contribution in [0.4, 0.5) is 5.69 Å². The minimum Gasteiger partial charge on any atom is -0.481 e. The van der Waals surface area contributed by atoms with Crippen molar-refractivity contribution in [2.24, 2.45) is 0 Å². The third kappa shape index (κ3) is 4.78. The fourth-order valence-corrected chi connectivity index (χ4v) is 3.10. The lowest BCUT2D eigenvalue weighted by molar-refractivity contribution is -0.118. The Morgan fingerprint density at radius 3 is 2.70 bits per heavy atom. The largest absolute Gasteiger partial charge is 0.481 e. The number of hydrogen-bond donors (Lipinski definition) is 1. The van der Waals surface area contributed by atoms with E-state index in [1.807, 2.05) is 37.2 Å². The molecule has 1 N–H and O–H groups in total. The SMILES string of the molecule is CN(C)CCN(Cc1cccc(Cl)c1)C(=O)c1cccc2c1OCC(=O)N2. The maximum atomic E-state index is 13.3. The maximum Gasteiger partial charge on any atom is 0.262 e. The lowest BCUT2D eigenvalue weighted by Crippen LogP contribution is -2.37. The smallest absolute Gasteiger partial charge is 0.262 e. The second-order valence-electron chi connectivity index (χ2n) is 6.68. The van der Waals surface area contributed by atoms with Gasteiger partial charge in [-0.05, 0) is 43.9 Å². The normalized spacial score (nSPS) is 13.0. The van der Waals surface area contributed by atoms with E-state index in [4.69, 9.17) is 16.3 Å². The van der Waals surface area contributed by atoms with Crippen LogP contribution >= 0.6 is 11.6 Å². The van der Waals surface area contributed by atoms with Gasteiger partial charge >= 0.3 is 0 Å². The number of fused-ring (bicyclic) bond motifs is 1. The molecule has 0 atom stereocenters. The van der Waals surface area contributed by atoms with Gasteiger partial charge in [-0.1, -0.05) is 29.8 Å². The monoisotopic (exact) mass is 387 g/mol. The molecule has 2 aromatic carbocycles. The molecule has 0 fully saturated rings. The number of nitrogens with one attached hydrogen (secondary N) is 1. The number of para-hydroxylation sites is 1. The molecular formula is C20H22ClN3O3. The van der Waals surface area contributed by atoms with Crippen LogP contribution in [0.2, 0.25) is 5.02 Å². The van der Waals surface area contributed by atoms with Crippen LogP contribution in [0.25, 0.3) is 0 Å². The lowest BCUT2D eigenvalue weighted by Gasteiger charge is -2.27. The van der Waals surface area contributed by atoms with Crippen LogP contribution in [-0.4, -0.2) is 55.4 Å². The molecule has 0 aromatic heterocycles. The summed E-state index contributed by atoms with van der Waals surface area (Å²) < 4.78 is 5.54. The number of halogens is 1. The van der Waals surface area contributed by atoms with Gasteiger partial charge in [-0.25, -0.2) is 0 Å². The number of hydrogen-bond acceptors (Lipinski definition) is 4. The van der Waals surface area contributed by atoms with Gasteiger partial charge in [-0.15, -0.1) is 0 Å². The molecule has 0 unspecified atom stereocenters. The number of benzene rings is 2. The average Bonchev–Trinajstić information content (AvgIpc) is 2.63. The Labute approximate surface area is 163 Å². The number of nitrogens with zero attached hydrogens (tertiary/aromatic N) is 2. The summed E-state index contributed by atoms with van der Waals surface area (Å²) in [5.41, 5.74) is 1.91. The van der Waals surface area contributed by atoms with Crippen molar-refractivity contribution in [3.8, 4) is 5.75 Å². The second-order valence-corrected chi connectivity index (χ2v) is 7.12. The van der Waals surface area contributed by atoms with E-state index in [0.717, 1.165) is 12.1 Å². The Kier molecular flexibility index (Phi) is 5.98. The van der Waals surface area contributed by atoms with Gasteiger partial charge in [0.1, 0.15) is 0 Å². The molecule has 1 heterocycles. The van der Waals surface area contributed by atoms with Crippen LogP contribution in [-0.2, 0) is 11.3 Å². The standard InChI is InChI=1S/C20H22ClN3O3/c1-23(2)9-10-24(12-14-5-3-6-15(21)11-14)20(26)16-7-4-8-17-19(16)27-13-18(25)22-17/h3-8,11H,9-10,12-13H2,1-2H3,(H,22,25). The predicted molar refractivity (Wildman–Crippen MR) is 105 cm³/mol. The Morgan fingerprint density at radius 1 is 1.19 bits per heavy atom. The molecule has 3 rings (SSSR count). The first-order valence-electron chi connectivity index (χ1n) is 8.68. The third-order valence-corrected chi connectivity index (χ3v) is 4.47. The highest BCUT2D eigenvalue weighted by atomic mass is 35.5. The van der Waals surface area contributed by atoms with Crippen molar-refractivity contribution < 1.29 is 14.3 Å². The van der Waals surface area contributed by atoms with Crippen molar-refractivity contribution in [1.82, 2.24) is 9.80 Å². The summed E-state index contributed by atoms with van der Waals surface area (Å²) in [6.45, 7) is 1.61. The number of rotatable bonds is 6. The van der Waals surface area contributed by atoms with Crippen molar-refractivity contribution in [3.05, 3.63) is 58.6 Å². The third-order valence-electron chi connectivity index (χ3n) is 4.23. The van der Waals surface area contributed by atoms with Crippen molar-refractivity contribution >= 4 is 29.1 Å². The van der Waals surface area contributed by atoms with Gasteiger partial charge in [0.05, 0.1) is 11.3 Å². The quantitative estimate of drug-likeness (QED) is 0.827. The van der Waals surface area contributed by atoms with Crippen molar-refractivity contribution in [1.29, 1.82) is 0 Å². The van der Waals surface area contributed by atoms with E-state index in [9.17, 15) is 9.59 Å². The molecule has 2 amide bonds. The number of likely N-dealkylation sites (N-methyl/N-ethyl adjacent to an activating group) is 1. The molecule has 1 aliphatic rings. The van der Waals surface area contributed by atoms with Crippen molar-refractivity contribution in [3.63, 3.8) is 0 Å². The predicted octanol–water partition coefficient (Wildman–Crippen LogP) is 2.87. The molecule has 0 radical (unpaired) electrons. The van der Waals surface area contributed by atoms with E-state index >= 15 is 0 Å². The number of anilines is 1. The van der Waals surface area contributed by atoms with Crippen LogP contribution in [0.3, 0.4) is 0 Å². The highest BCUT2D eigenvalue weighted by molar-refractivity contribution is 6.30. The summed E-state index contributed by atoms with van der Waals surface area (Å²) >= 11 is 6.09. The Bertz CT molecular complexity index is 854. The average molecular weight is 388 g/mol. The summed E-state index contributed by atoms with van der Waals surface area (Å²) in [7, 11) is 3.93. The number of carbonyl (C=O) groups is 2. The minimum absolute atomic E-state index is 0.0940. The number of carbonyl (C=O) groups excluding carboxylic acids is 2. The van der Waals surface area contributed by atoms with E-state index in [2.05, 4.69) is 5.32 Å². The lowest BCUT2D eigenvalue weighted by atomic mass is 10.1. The van der Waals surface area contributed by atoms with Gasteiger partial charge in [0.15, 0.2) is 12.4 Å². The molecular weight excluding hydrogens is 366 g/mol. The van der Waals surface area contributed by atoms with Crippen molar-refractivity contribution in [2.45, 2.75) is 6.54 Å². The van der Waals surface area contributed by atoms with E-state index in [1.54, 1.807) is 29.2 Å². The van der Waals surface area contributed by atoms with Gasteiger partial charge < -0.3 is 19.9 Å². The van der Waals surface area contributed by atoms with Crippen LogP contribution in [0.1, 0.15) is 15.9 Å². The minimum atomic E-state index is -0.226. The number of amides is 2. The molecule has 0 spiro atoms. The van der Waals surface area contributed by atoms with E-state index in [0.29, 0.717) is 35.1 Å². The zero-order valence-corrected chi connectivity index (χ0v) is 16.1. The fraction of sp³-hybridized carbons (Fsp3) is 0.300. The highest BCUT2D eigenvalue weighted by Gasteiger charge is 2.25. The zero-order valence-electron chi connectivity index (χ0n) is 15.4. The van der Waals surface area contributed by atoms with E-state index in [-0.39, 0.29) is 18.4 Å². The summed E-state index contributed by atoms with van der Waals surface area (Å²) in [4.78, 5) is 28.6. The zero-order chi connectivity index (χ0) is 19.4. The molecule has 7 heteroatoms. The van der Waals surface area contributed by atoms with E-state index in [1.165, 1.54) is 0 Å². The maximum absolute atomic E-state index is 13.3. The number of ether oxygens (including phenoxy) is 1. The second kappa shape index (κ2) is 8.41. The summed E-state index contributed by atoms with van der Waals surface area (Å²) in [5.74, 6) is 0.0448. The van der Waals surface area contributed by atoms with Gasteiger partial charge in [0.2, 0.25) is 0 Å². The fourth-order valence-electron chi connectivity index (χ4n) is 2.88. The van der Waals surface area contributed by atoms with Crippen LogP contribution < -0.4 is 10.1 Å². The first-order valence-corrected chi connectivity index (χ1v) is 9.06. The molecule has 6 nitrogen and oxygen atoms in total. The van der Waals surface area contributed by atoms with Gasteiger partial charge in [-0.3, -0.25) is 9.59 Å². The summed E-state index contributed by atoms with van der Waals surface area (Å²) in [6, 6.07) is 12.7. The molecule has 0 saturated heterocycles. The summed E-state index contributed by atoms with van der Waals surface area (Å²) in [5, 5.41) is 3.38. The Morgan fingerprint density at radius 2 is 1.96 bits per heavy atom. The molecule has 1 aliphatic heterocycles. The molecule has 142 valence electrons. The molecule has 0 bridgehead atoms. The van der Waals surface area contributed by atoms with E-state index < -0.39 is 0 Å². The molecule has 2 aromatic rings. The topological polar surface area (TPSA) is 61.9 Å². The molecule has 0 saturated carbocycles. The van der Waals surface area contributed by atoms with Crippen LogP contribution in [0.5, 0.6) is 5.75 Å². The van der Waals surface area contributed by atoms with Gasteiger partial charge in [0, 0.05) is 24.7 Å². The summed E-state index contributed by atoms with van der Waals surface area (Å²) in [6.07, 6.45) is 0. The molecule has 27 heavy (non-hydrogen) atoms. The first kappa shape index (κ1) is 19.2. The van der Waals surface area contributed by atoms with Crippen molar-refractivity contribution in [2.75, 3.05) is 39.1 Å². The first-order chi connectivity index (χ1) is 12.9. The van der Waals surface area contributed by atoms with Crippen LogP contribution in [0.15, 0.2) is 42.5 Å². The highest BCUT2D eigenvalue weighted by Crippen LogP contribution is 2.32. The Hall–Kier alpha value is -2.57. The molecule has 0 aliphatic carbocycles. The Balaban J connectivity index is 1.88. The van der Waals surface area contributed by atoms with Gasteiger partial charge in [0.25, 0.3) is 11.8 Å².